The van der Waals surface area contributed by atoms with E-state index in [-0.39, 0.29) is 17.6 Å². The van der Waals surface area contributed by atoms with Crippen LogP contribution in [0.3, 0.4) is 0 Å². The molecule has 0 atom stereocenters. The normalized spacial score (nSPS) is 17.4. The monoisotopic (exact) mass is 397 g/mol. The number of anilines is 1. The number of amides is 2. The van der Waals surface area contributed by atoms with Crippen LogP contribution >= 0.6 is 0 Å². The second-order valence-corrected chi connectivity index (χ2v) is 7.47. The molecule has 1 aliphatic carbocycles. The van der Waals surface area contributed by atoms with Crippen LogP contribution in [0.5, 0.6) is 0 Å². The molecule has 0 radical (unpaired) electrons. The van der Waals surface area contributed by atoms with Crippen molar-refractivity contribution in [2.24, 2.45) is 0 Å². The Morgan fingerprint density at radius 1 is 1.28 bits per heavy atom. The number of hydrogen-bond donors (Lipinski definition) is 2. The molecular weight excluding hydrogens is 369 g/mol. The lowest BCUT2D eigenvalue weighted by Crippen LogP contribution is -2.35. The van der Waals surface area contributed by atoms with Gasteiger partial charge in [0.25, 0.3) is 11.8 Å². The summed E-state index contributed by atoms with van der Waals surface area (Å²) >= 11 is 0. The Morgan fingerprint density at radius 3 is 2.69 bits per heavy atom. The maximum Gasteiger partial charge on any atom is 0.256 e. The van der Waals surface area contributed by atoms with E-state index < -0.39 is 0 Å². The van der Waals surface area contributed by atoms with Gasteiger partial charge < -0.3 is 15.5 Å². The Kier molecular flexibility index (Phi) is 6.33. The van der Waals surface area contributed by atoms with Gasteiger partial charge in [0.05, 0.1) is 0 Å². The molecule has 2 amide bonds. The molecule has 29 heavy (non-hydrogen) atoms. The van der Waals surface area contributed by atoms with Gasteiger partial charge in [0.2, 0.25) is 0 Å². The number of hydrogen-bond acceptors (Lipinski definition) is 3. The summed E-state index contributed by atoms with van der Waals surface area (Å²) in [6.45, 7) is 11.4. The Bertz CT molecular complexity index is 939. The van der Waals surface area contributed by atoms with Crippen molar-refractivity contribution in [1.82, 2.24) is 10.2 Å². The van der Waals surface area contributed by atoms with Crippen molar-refractivity contribution in [3.8, 4) is 0 Å². The number of likely N-dealkylation sites (N-methyl/N-ethyl adjacent to an activating group) is 1. The SMILES string of the molecule is CCN(CC)CCNC(=O)C1=C(C)CC(/C=C2\C(=O)Nc3ccc(F)cc32)=C1C. The van der Waals surface area contributed by atoms with Gasteiger partial charge in [0, 0.05) is 35.5 Å². The van der Waals surface area contributed by atoms with Gasteiger partial charge in [-0.2, -0.15) is 0 Å². The first-order chi connectivity index (χ1) is 13.8. The quantitative estimate of drug-likeness (QED) is 0.691. The number of allylic oxidation sites excluding steroid dienone is 3. The molecule has 1 aromatic carbocycles. The lowest BCUT2D eigenvalue weighted by atomic mass is 10.0. The van der Waals surface area contributed by atoms with Crippen LogP contribution in [0.1, 0.15) is 39.7 Å². The van der Waals surface area contributed by atoms with Crippen molar-refractivity contribution in [3.05, 3.63) is 57.9 Å². The van der Waals surface area contributed by atoms with E-state index in [1.165, 1.54) is 12.1 Å². The molecular formula is C23H28FN3O2. The van der Waals surface area contributed by atoms with E-state index in [0.29, 0.717) is 35.4 Å². The van der Waals surface area contributed by atoms with Crippen LogP contribution in [-0.4, -0.2) is 42.9 Å². The molecule has 5 nitrogen and oxygen atoms in total. The van der Waals surface area contributed by atoms with Crippen LogP contribution in [0.25, 0.3) is 5.57 Å². The van der Waals surface area contributed by atoms with Crippen molar-refractivity contribution in [2.45, 2.75) is 34.1 Å². The summed E-state index contributed by atoms with van der Waals surface area (Å²) in [5.41, 5.74) is 5.06. The molecule has 1 heterocycles. The van der Waals surface area contributed by atoms with E-state index in [9.17, 15) is 14.0 Å². The van der Waals surface area contributed by atoms with Crippen LogP contribution in [0.2, 0.25) is 0 Å². The maximum absolute atomic E-state index is 13.7. The predicted molar refractivity (Wildman–Crippen MR) is 114 cm³/mol. The molecule has 1 aliphatic heterocycles. The number of carbonyl (C=O) groups is 2. The highest BCUT2D eigenvalue weighted by molar-refractivity contribution is 6.32. The van der Waals surface area contributed by atoms with Crippen molar-refractivity contribution in [3.63, 3.8) is 0 Å². The van der Waals surface area contributed by atoms with E-state index >= 15 is 0 Å². The van der Waals surface area contributed by atoms with E-state index in [1.807, 2.05) is 13.8 Å². The number of fused-ring (bicyclic) bond motifs is 1. The van der Waals surface area contributed by atoms with E-state index in [1.54, 1.807) is 12.1 Å². The average molecular weight is 397 g/mol. The molecule has 0 aromatic heterocycles. The molecule has 1 aromatic rings. The third-order valence-corrected chi connectivity index (χ3v) is 5.66. The van der Waals surface area contributed by atoms with Crippen LogP contribution in [0, 0.1) is 5.82 Å². The standard InChI is InChI=1S/C23H28FN3O2/c1-5-27(6-2)10-9-25-23(29)21-14(3)11-16(15(21)4)12-19-18-13-17(24)7-8-20(18)26-22(19)28/h7-8,12-13H,5-6,9-11H2,1-4H3,(H,25,29)(H,26,28)/b19-12-. The Morgan fingerprint density at radius 2 is 2.00 bits per heavy atom. The zero-order chi connectivity index (χ0) is 21.1. The molecule has 0 fully saturated rings. The molecule has 0 unspecified atom stereocenters. The van der Waals surface area contributed by atoms with Gasteiger partial charge in [-0.05, 0) is 68.8 Å². The van der Waals surface area contributed by atoms with Gasteiger partial charge in [-0.15, -0.1) is 0 Å². The van der Waals surface area contributed by atoms with Gasteiger partial charge >= 0.3 is 0 Å². The van der Waals surface area contributed by atoms with Gasteiger partial charge in [-0.25, -0.2) is 4.39 Å². The molecule has 154 valence electrons. The first kappa shape index (κ1) is 21.0. The number of benzene rings is 1. The minimum atomic E-state index is -0.383. The highest BCUT2D eigenvalue weighted by atomic mass is 19.1. The lowest BCUT2D eigenvalue weighted by Gasteiger charge is -2.18. The van der Waals surface area contributed by atoms with E-state index in [4.69, 9.17) is 0 Å². The highest BCUT2D eigenvalue weighted by Gasteiger charge is 2.28. The number of nitrogens with zero attached hydrogens (tertiary/aromatic N) is 1. The molecule has 2 N–H and O–H groups in total. The number of halogens is 1. The highest BCUT2D eigenvalue weighted by Crippen LogP contribution is 2.38. The fraction of sp³-hybridized carbons (Fsp3) is 0.391. The van der Waals surface area contributed by atoms with Crippen molar-refractivity contribution in [1.29, 1.82) is 0 Å². The fourth-order valence-corrected chi connectivity index (χ4v) is 3.94. The van der Waals surface area contributed by atoms with E-state index in [0.717, 1.165) is 36.4 Å². The van der Waals surface area contributed by atoms with Crippen LogP contribution in [0.4, 0.5) is 10.1 Å². The Hall–Kier alpha value is -2.73. The summed E-state index contributed by atoms with van der Waals surface area (Å²) in [7, 11) is 0. The number of nitrogens with one attached hydrogen (secondary N) is 2. The smallest absolute Gasteiger partial charge is 0.256 e. The molecule has 2 aliphatic rings. The van der Waals surface area contributed by atoms with Crippen molar-refractivity contribution >= 4 is 23.1 Å². The third-order valence-electron chi connectivity index (χ3n) is 5.66. The van der Waals surface area contributed by atoms with Gasteiger partial charge in [-0.3, -0.25) is 9.59 Å². The van der Waals surface area contributed by atoms with Crippen LogP contribution in [-0.2, 0) is 9.59 Å². The first-order valence-electron chi connectivity index (χ1n) is 10.1. The molecule has 6 heteroatoms. The second-order valence-electron chi connectivity index (χ2n) is 7.47. The largest absolute Gasteiger partial charge is 0.351 e. The van der Waals surface area contributed by atoms with E-state index in [2.05, 4.69) is 29.4 Å². The van der Waals surface area contributed by atoms with Gasteiger partial charge in [0.15, 0.2) is 0 Å². The van der Waals surface area contributed by atoms with Crippen LogP contribution < -0.4 is 10.6 Å². The lowest BCUT2D eigenvalue weighted by molar-refractivity contribution is -0.117. The van der Waals surface area contributed by atoms with Crippen molar-refractivity contribution in [2.75, 3.05) is 31.5 Å². The minimum Gasteiger partial charge on any atom is -0.351 e. The Labute approximate surface area is 171 Å². The molecule has 3 rings (SSSR count). The van der Waals surface area contributed by atoms with Crippen LogP contribution in [0.15, 0.2) is 46.6 Å². The summed E-state index contributed by atoms with van der Waals surface area (Å²) in [6.07, 6.45) is 2.39. The summed E-state index contributed by atoms with van der Waals surface area (Å²) in [5.74, 6) is -0.714. The topological polar surface area (TPSA) is 61.4 Å². The fourth-order valence-electron chi connectivity index (χ4n) is 3.94. The summed E-state index contributed by atoms with van der Waals surface area (Å²) in [5, 5.41) is 5.77. The molecule has 0 saturated carbocycles. The molecule has 0 bridgehead atoms. The zero-order valence-electron chi connectivity index (χ0n) is 17.5. The first-order valence-corrected chi connectivity index (χ1v) is 10.1. The average Bonchev–Trinajstić information content (AvgIpc) is 3.14. The van der Waals surface area contributed by atoms with Crippen molar-refractivity contribution < 1.29 is 14.0 Å². The number of rotatable bonds is 7. The summed E-state index contributed by atoms with van der Waals surface area (Å²) < 4.78 is 13.7. The second kappa shape index (κ2) is 8.74. The zero-order valence-corrected chi connectivity index (χ0v) is 17.5. The number of carbonyl (C=O) groups excluding carboxylic acids is 2. The third kappa shape index (κ3) is 4.32. The molecule has 0 saturated heterocycles. The molecule has 0 spiro atoms. The summed E-state index contributed by atoms with van der Waals surface area (Å²) in [6, 6.07) is 4.26. The summed E-state index contributed by atoms with van der Waals surface area (Å²) in [4.78, 5) is 27.4. The van der Waals surface area contributed by atoms with Gasteiger partial charge in [-0.1, -0.05) is 19.4 Å². The Balaban J connectivity index is 1.79. The predicted octanol–water partition coefficient (Wildman–Crippen LogP) is 3.66. The van der Waals surface area contributed by atoms with Gasteiger partial charge in [0.1, 0.15) is 5.82 Å². The minimum absolute atomic E-state index is 0.0807. The maximum atomic E-state index is 13.7.